The molecule has 0 fully saturated rings. The monoisotopic (exact) mass is 239 g/mol. The van der Waals surface area contributed by atoms with Crippen molar-refractivity contribution >= 4 is 17.3 Å². The molecule has 0 aliphatic rings. The molecule has 84 valence electrons. The number of hydrogen-bond acceptors (Lipinski definition) is 3. The Balaban J connectivity index is 3.06. The van der Waals surface area contributed by atoms with Crippen LogP contribution in [0.25, 0.3) is 0 Å². The first-order chi connectivity index (χ1) is 6.84. The van der Waals surface area contributed by atoms with E-state index in [-0.39, 0.29) is 16.3 Å². The maximum absolute atomic E-state index is 12.4. The average molecular weight is 239 g/mol. The van der Waals surface area contributed by atoms with Crippen LogP contribution in [0, 0.1) is 0 Å². The summed E-state index contributed by atoms with van der Waals surface area (Å²) in [6, 6.07) is 0. The topological polar surface area (TPSA) is 50.2 Å². The predicted molar refractivity (Wildman–Crippen MR) is 47.8 cm³/mol. The number of rotatable bonds is 3. The summed E-state index contributed by atoms with van der Waals surface area (Å²) in [6.07, 6.45) is -4.77. The molecule has 15 heavy (non-hydrogen) atoms. The lowest BCUT2D eigenvalue weighted by Gasteiger charge is -2.03. The van der Waals surface area contributed by atoms with Gasteiger partial charge in [0.05, 0.1) is 6.42 Å². The van der Waals surface area contributed by atoms with Crippen molar-refractivity contribution in [3.05, 3.63) is 15.6 Å². The SMILES string of the molecule is CCc1sc(CC(=O)O)nc1C(F)(F)F. The van der Waals surface area contributed by atoms with Crippen molar-refractivity contribution in [1.82, 2.24) is 4.98 Å². The zero-order chi connectivity index (χ0) is 11.6. The molecular formula is C8H8F3NO2S. The summed E-state index contributed by atoms with van der Waals surface area (Å²) in [4.78, 5) is 13.7. The molecule has 1 N–H and O–H groups in total. The fourth-order valence-corrected chi connectivity index (χ4v) is 2.09. The lowest BCUT2D eigenvalue weighted by molar-refractivity contribution is -0.142. The van der Waals surface area contributed by atoms with Crippen LogP contribution in [0.3, 0.4) is 0 Å². The molecule has 0 aromatic carbocycles. The molecule has 1 heterocycles. The Bertz CT molecular complexity index is 372. The first-order valence-electron chi connectivity index (χ1n) is 4.12. The minimum Gasteiger partial charge on any atom is -0.481 e. The van der Waals surface area contributed by atoms with Gasteiger partial charge in [-0.2, -0.15) is 13.2 Å². The summed E-state index contributed by atoms with van der Waals surface area (Å²) in [5.74, 6) is -1.18. The van der Waals surface area contributed by atoms with Crippen LogP contribution in [0.15, 0.2) is 0 Å². The van der Waals surface area contributed by atoms with E-state index in [9.17, 15) is 18.0 Å². The van der Waals surface area contributed by atoms with E-state index in [0.717, 1.165) is 11.3 Å². The largest absolute Gasteiger partial charge is 0.481 e. The third-order valence-corrected chi connectivity index (χ3v) is 2.83. The number of carbonyl (C=O) groups is 1. The van der Waals surface area contributed by atoms with Crippen molar-refractivity contribution in [1.29, 1.82) is 0 Å². The first-order valence-corrected chi connectivity index (χ1v) is 4.93. The number of hydrogen-bond donors (Lipinski definition) is 1. The lowest BCUT2D eigenvalue weighted by atomic mass is 10.3. The Morgan fingerprint density at radius 3 is 2.47 bits per heavy atom. The highest BCUT2D eigenvalue weighted by Crippen LogP contribution is 2.34. The predicted octanol–water partition coefficient (Wildman–Crippen LogP) is 2.35. The number of nitrogens with zero attached hydrogens (tertiary/aromatic N) is 1. The van der Waals surface area contributed by atoms with E-state index in [1.165, 1.54) is 0 Å². The smallest absolute Gasteiger partial charge is 0.434 e. The molecule has 0 aliphatic heterocycles. The van der Waals surface area contributed by atoms with Gasteiger partial charge in [-0.1, -0.05) is 6.92 Å². The molecule has 7 heteroatoms. The molecule has 0 saturated carbocycles. The van der Waals surface area contributed by atoms with Gasteiger partial charge in [0.2, 0.25) is 0 Å². The lowest BCUT2D eigenvalue weighted by Crippen LogP contribution is -2.09. The summed E-state index contributed by atoms with van der Waals surface area (Å²) in [5.41, 5.74) is -0.953. The van der Waals surface area contributed by atoms with E-state index in [0.29, 0.717) is 0 Å². The Kier molecular flexibility index (Phi) is 3.33. The summed E-state index contributed by atoms with van der Waals surface area (Å²) in [5, 5.41) is 8.42. The Hall–Kier alpha value is -1.11. The van der Waals surface area contributed by atoms with Crippen LogP contribution in [0.4, 0.5) is 13.2 Å². The van der Waals surface area contributed by atoms with Gasteiger partial charge in [0, 0.05) is 4.88 Å². The van der Waals surface area contributed by atoms with Gasteiger partial charge in [-0.15, -0.1) is 11.3 Å². The summed E-state index contributed by atoms with van der Waals surface area (Å²) < 4.78 is 37.1. The number of aliphatic carboxylic acids is 1. The van der Waals surface area contributed by atoms with Crippen molar-refractivity contribution in [2.45, 2.75) is 25.9 Å². The van der Waals surface area contributed by atoms with Gasteiger partial charge < -0.3 is 5.11 Å². The quantitative estimate of drug-likeness (QED) is 0.880. The maximum Gasteiger partial charge on any atom is 0.434 e. The summed E-state index contributed by atoms with van der Waals surface area (Å²) >= 11 is 0.803. The molecule has 0 bridgehead atoms. The number of aryl methyl sites for hydroxylation is 1. The van der Waals surface area contributed by atoms with Gasteiger partial charge in [0.25, 0.3) is 0 Å². The molecule has 0 spiro atoms. The molecule has 0 unspecified atom stereocenters. The molecule has 0 radical (unpaired) electrons. The van der Waals surface area contributed by atoms with E-state index in [1.807, 2.05) is 0 Å². The minimum absolute atomic E-state index is 0.00771. The molecule has 1 aromatic heterocycles. The maximum atomic E-state index is 12.4. The fourth-order valence-electron chi connectivity index (χ4n) is 1.07. The second kappa shape index (κ2) is 4.18. The number of alkyl halides is 3. The molecule has 0 aliphatic carbocycles. The molecule has 3 nitrogen and oxygen atoms in total. The van der Waals surface area contributed by atoms with Gasteiger partial charge in [-0.3, -0.25) is 4.79 Å². The van der Waals surface area contributed by atoms with Crippen LogP contribution in [0.5, 0.6) is 0 Å². The number of halogens is 3. The molecule has 0 amide bonds. The average Bonchev–Trinajstić information content (AvgIpc) is 2.45. The van der Waals surface area contributed by atoms with Crippen LogP contribution >= 0.6 is 11.3 Å². The van der Waals surface area contributed by atoms with Crippen molar-refractivity contribution < 1.29 is 23.1 Å². The fraction of sp³-hybridized carbons (Fsp3) is 0.500. The van der Waals surface area contributed by atoms with Gasteiger partial charge in [-0.25, -0.2) is 4.98 Å². The van der Waals surface area contributed by atoms with Crippen LogP contribution < -0.4 is 0 Å². The second-order valence-corrected chi connectivity index (χ2v) is 3.97. The second-order valence-electron chi connectivity index (χ2n) is 2.80. The Morgan fingerprint density at radius 2 is 2.13 bits per heavy atom. The molecular weight excluding hydrogens is 231 g/mol. The van der Waals surface area contributed by atoms with Crippen LogP contribution in [-0.4, -0.2) is 16.1 Å². The van der Waals surface area contributed by atoms with E-state index in [1.54, 1.807) is 6.92 Å². The van der Waals surface area contributed by atoms with Gasteiger partial charge in [0.15, 0.2) is 5.69 Å². The zero-order valence-corrected chi connectivity index (χ0v) is 8.58. The number of carboxylic acids is 1. The number of aromatic nitrogens is 1. The number of carboxylic acid groups (broad SMARTS) is 1. The molecule has 1 rings (SSSR count). The normalized spacial score (nSPS) is 11.7. The Morgan fingerprint density at radius 1 is 1.53 bits per heavy atom. The van der Waals surface area contributed by atoms with Crippen molar-refractivity contribution in [2.75, 3.05) is 0 Å². The molecule has 0 saturated heterocycles. The van der Waals surface area contributed by atoms with Crippen LogP contribution in [0.2, 0.25) is 0 Å². The van der Waals surface area contributed by atoms with Gasteiger partial charge in [0.1, 0.15) is 5.01 Å². The van der Waals surface area contributed by atoms with Gasteiger partial charge in [-0.05, 0) is 6.42 Å². The summed E-state index contributed by atoms with van der Waals surface area (Å²) in [6.45, 7) is 1.58. The molecule has 0 atom stereocenters. The van der Waals surface area contributed by atoms with Crippen LogP contribution in [0.1, 0.15) is 22.5 Å². The van der Waals surface area contributed by atoms with E-state index in [4.69, 9.17) is 5.11 Å². The highest BCUT2D eigenvalue weighted by molar-refractivity contribution is 7.11. The summed E-state index contributed by atoms with van der Waals surface area (Å²) in [7, 11) is 0. The van der Waals surface area contributed by atoms with Crippen molar-refractivity contribution in [3.8, 4) is 0 Å². The highest BCUT2D eigenvalue weighted by atomic mass is 32.1. The molecule has 1 aromatic rings. The van der Waals surface area contributed by atoms with Crippen molar-refractivity contribution in [3.63, 3.8) is 0 Å². The first kappa shape index (κ1) is 12.0. The van der Waals surface area contributed by atoms with Gasteiger partial charge >= 0.3 is 12.1 Å². The van der Waals surface area contributed by atoms with E-state index < -0.39 is 24.3 Å². The minimum atomic E-state index is -4.50. The van der Waals surface area contributed by atoms with E-state index >= 15 is 0 Å². The third-order valence-electron chi connectivity index (χ3n) is 1.63. The zero-order valence-electron chi connectivity index (χ0n) is 7.76. The van der Waals surface area contributed by atoms with Crippen LogP contribution in [-0.2, 0) is 23.8 Å². The van der Waals surface area contributed by atoms with Crippen molar-refractivity contribution in [2.24, 2.45) is 0 Å². The van der Waals surface area contributed by atoms with E-state index in [2.05, 4.69) is 4.98 Å². The standard InChI is InChI=1S/C8H8F3NO2S/c1-2-4-7(8(9,10)11)12-5(15-4)3-6(13)14/h2-3H2,1H3,(H,13,14). The highest BCUT2D eigenvalue weighted by Gasteiger charge is 2.36. The Labute approximate surface area is 87.6 Å². The third kappa shape index (κ3) is 2.92. The number of thiazole rings is 1.